The molecule has 0 aliphatic carbocycles. The molecule has 2 saturated heterocycles. The van der Waals surface area contributed by atoms with Crippen LogP contribution in [-0.2, 0) is 4.74 Å². The minimum Gasteiger partial charge on any atom is -0.373 e. The number of ether oxygens (including phenoxy) is 1. The molecular weight excluding hydrogens is 267 g/mol. The highest BCUT2D eigenvalue weighted by molar-refractivity contribution is 7.98. The first-order valence-corrected chi connectivity index (χ1v) is 8.47. The van der Waals surface area contributed by atoms with Crippen LogP contribution in [0, 0.1) is 16.6 Å². The summed E-state index contributed by atoms with van der Waals surface area (Å²) in [5, 5.41) is 9.09. The van der Waals surface area contributed by atoms with E-state index in [9.17, 15) is 0 Å². The Hall–Kier alpha value is -0.175. The lowest BCUT2D eigenvalue weighted by atomic mass is 9.40. The fraction of sp³-hybridized carbons (Fsp3) is 0.933. The standard InChI is InChI=1S/C15H27BN2OS/c1-13(2,3)20-18-12-14(4,5)10-19-15(12)6-8-16(11-17)9-7-15/h12,18H,6-10H2,1-5H3. The lowest BCUT2D eigenvalue weighted by molar-refractivity contribution is -0.0165. The molecule has 0 saturated carbocycles. The van der Waals surface area contributed by atoms with Gasteiger partial charge < -0.3 is 4.74 Å². The molecule has 112 valence electrons. The monoisotopic (exact) mass is 294 g/mol. The van der Waals surface area contributed by atoms with Crippen molar-refractivity contribution >= 4 is 18.7 Å². The second kappa shape index (κ2) is 5.55. The van der Waals surface area contributed by atoms with Gasteiger partial charge in [0.25, 0.3) is 6.71 Å². The molecule has 0 aromatic carbocycles. The van der Waals surface area contributed by atoms with Gasteiger partial charge in [-0.3, -0.25) is 4.72 Å². The first-order valence-electron chi connectivity index (χ1n) is 7.66. The smallest absolute Gasteiger partial charge is 0.268 e. The minimum absolute atomic E-state index is 0.0604. The summed E-state index contributed by atoms with van der Waals surface area (Å²) in [6.07, 6.45) is 3.98. The van der Waals surface area contributed by atoms with Crippen LogP contribution in [0.3, 0.4) is 0 Å². The SMILES string of the molecule is CC(C)(C)SNC1C(C)(C)COC12CCB(C#N)CC2. The highest BCUT2D eigenvalue weighted by atomic mass is 32.2. The van der Waals surface area contributed by atoms with E-state index in [4.69, 9.17) is 10.00 Å². The zero-order chi connectivity index (χ0) is 15.0. The topological polar surface area (TPSA) is 45.0 Å². The quantitative estimate of drug-likeness (QED) is 0.625. The zero-order valence-electron chi connectivity index (χ0n) is 13.5. The van der Waals surface area contributed by atoms with E-state index in [0.29, 0.717) is 6.04 Å². The largest absolute Gasteiger partial charge is 0.373 e. The average molecular weight is 294 g/mol. The van der Waals surface area contributed by atoms with Crippen molar-refractivity contribution in [1.29, 1.82) is 5.26 Å². The van der Waals surface area contributed by atoms with E-state index in [1.807, 2.05) is 11.9 Å². The molecule has 1 spiro atoms. The Morgan fingerprint density at radius 1 is 1.30 bits per heavy atom. The van der Waals surface area contributed by atoms with Crippen molar-refractivity contribution in [3.05, 3.63) is 0 Å². The van der Waals surface area contributed by atoms with Crippen LogP contribution in [0.1, 0.15) is 47.5 Å². The fourth-order valence-electron chi connectivity index (χ4n) is 3.38. The van der Waals surface area contributed by atoms with Gasteiger partial charge in [-0.2, -0.15) is 0 Å². The molecule has 0 aromatic heterocycles. The summed E-state index contributed by atoms with van der Waals surface area (Å²) in [7, 11) is 0. The number of hydrogen-bond donors (Lipinski definition) is 1. The number of nitrogens with one attached hydrogen (secondary N) is 1. The summed E-state index contributed by atoms with van der Waals surface area (Å²) in [5.74, 6) is 2.42. The van der Waals surface area contributed by atoms with Crippen molar-refractivity contribution in [2.75, 3.05) is 6.61 Å². The van der Waals surface area contributed by atoms with E-state index in [1.165, 1.54) is 0 Å². The molecule has 0 radical (unpaired) electrons. The molecule has 2 rings (SSSR count). The van der Waals surface area contributed by atoms with Crippen molar-refractivity contribution < 1.29 is 4.74 Å². The molecule has 20 heavy (non-hydrogen) atoms. The number of rotatable bonds is 2. The summed E-state index contributed by atoms with van der Waals surface area (Å²) in [6, 6.07) is 0.360. The van der Waals surface area contributed by atoms with Crippen LogP contribution in [0.25, 0.3) is 0 Å². The Balaban J connectivity index is 2.10. The molecule has 1 unspecified atom stereocenters. The summed E-state index contributed by atoms with van der Waals surface area (Å²) >= 11 is 1.81. The third-order valence-electron chi connectivity index (χ3n) is 4.54. The van der Waals surface area contributed by atoms with Crippen LogP contribution in [0.5, 0.6) is 0 Å². The van der Waals surface area contributed by atoms with E-state index < -0.39 is 0 Å². The van der Waals surface area contributed by atoms with Gasteiger partial charge in [-0.05, 0) is 33.6 Å². The first kappa shape index (κ1) is 16.2. The van der Waals surface area contributed by atoms with Gasteiger partial charge in [0.05, 0.1) is 18.2 Å². The highest BCUT2D eigenvalue weighted by Crippen LogP contribution is 2.48. The molecule has 1 atom stereocenters. The van der Waals surface area contributed by atoms with E-state index in [2.05, 4.69) is 45.3 Å². The molecule has 5 heteroatoms. The molecule has 0 bridgehead atoms. The molecular formula is C15H27BN2OS. The predicted octanol–water partition coefficient (Wildman–Crippen LogP) is 3.54. The van der Waals surface area contributed by atoms with Crippen LogP contribution >= 0.6 is 11.9 Å². The third kappa shape index (κ3) is 3.35. The maximum atomic E-state index is 9.09. The molecule has 3 nitrogen and oxygen atoms in total. The normalized spacial score (nSPS) is 28.6. The molecule has 0 aromatic rings. The summed E-state index contributed by atoms with van der Waals surface area (Å²) in [5.41, 5.74) is 0.0901. The van der Waals surface area contributed by atoms with Crippen molar-refractivity contribution in [3.8, 4) is 5.97 Å². The van der Waals surface area contributed by atoms with Crippen molar-refractivity contribution in [1.82, 2.24) is 4.72 Å². The maximum absolute atomic E-state index is 9.09. The highest BCUT2D eigenvalue weighted by Gasteiger charge is 2.55. The first-order chi connectivity index (χ1) is 9.19. The number of nitrogens with zero attached hydrogens (tertiary/aromatic N) is 1. The Morgan fingerprint density at radius 2 is 1.90 bits per heavy atom. The van der Waals surface area contributed by atoms with Gasteiger partial charge in [-0.1, -0.05) is 38.4 Å². The van der Waals surface area contributed by atoms with Gasteiger partial charge in [-0.15, -0.1) is 0 Å². The Labute approximate surface area is 128 Å². The maximum Gasteiger partial charge on any atom is 0.268 e. The van der Waals surface area contributed by atoms with Gasteiger partial charge in [0.2, 0.25) is 0 Å². The van der Waals surface area contributed by atoms with Crippen molar-refractivity contribution in [3.63, 3.8) is 0 Å². The fourth-order valence-corrected chi connectivity index (χ4v) is 4.38. The van der Waals surface area contributed by atoms with Gasteiger partial charge in [0.1, 0.15) is 0 Å². The van der Waals surface area contributed by atoms with Crippen LogP contribution in [-0.4, -0.2) is 29.7 Å². The minimum atomic E-state index is -0.0604. The summed E-state index contributed by atoms with van der Waals surface area (Å²) < 4.78 is 10.2. The second-order valence-corrected chi connectivity index (χ2v) is 9.68. The Kier molecular flexibility index (Phi) is 4.50. The number of hydrogen-bond acceptors (Lipinski definition) is 4. The van der Waals surface area contributed by atoms with Crippen LogP contribution in [0.4, 0.5) is 0 Å². The predicted molar refractivity (Wildman–Crippen MR) is 86.9 cm³/mol. The van der Waals surface area contributed by atoms with Crippen LogP contribution < -0.4 is 4.72 Å². The Morgan fingerprint density at radius 3 is 2.40 bits per heavy atom. The van der Waals surface area contributed by atoms with E-state index in [-0.39, 0.29) is 22.5 Å². The van der Waals surface area contributed by atoms with Gasteiger partial charge in [-0.25, -0.2) is 5.26 Å². The van der Waals surface area contributed by atoms with Crippen molar-refractivity contribution in [2.24, 2.45) is 5.41 Å². The molecule has 2 fully saturated rings. The molecule has 2 heterocycles. The average Bonchev–Trinajstić information content (AvgIpc) is 2.59. The van der Waals surface area contributed by atoms with Crippen LogP contribution in [0.2, 0.25) is 12.6 Å². The lowest BCUT2D eigenvalue weighted by Gasteiger charge is -2.42. The van der Waals surface area contributed by atoms with Crippen LogP contribution in [0.15, 0.2) is 0 Å². The van der Waals surface area contributed by atoms with E-state index in [1.54, 1.807) is 0 Å². The molecule has 1 N–H and O–H groups in total. The van der Waals surface area contributed by atoms with Gasteiger partial charge in [0, 0.05) is 16.1 Å². The molecule has 2 aliphatic heterocycles. The van der Waals surface area contributed by atoms with E-state index >= 15 is 0 Å². The Bertz CT molecular complexity index is 392. The number of nitriles is 1. The zero-order valence-corrected chi connectivity index (χ0v) is 14.3. The summed E-state index contributed by atoms with van der Waals surface area (Å²) in [6.45, 7) is 12.3. The summed E-state index contributed by atoms with van der Waals surface area (Å²) in [4.78, 5) is 0. The van der Waals surface area contributed by atoms with Crippen molar-refractivity contribution in [2.45, 2.75) is 76.5 Å². The second-order valence-electron chi connectivity index (χ2n) is 8.01. The molecule has 0 amide bonds. The van der Waals surface area contributed by atoms with E-state index in [0.717, 1.165) is 32.1 Å². The van der Waals surface area contributed by atoms with Gasteiger partial charge in [0.15, 0.2) is 0 Å². The van der Waals surface area contributed by atoms with Gasteiger partial charge >= 0.3 is 0 Å². The third-order valence-corrected chi connectivity index (χ3v) is 5.50. The molecule has 2 aliphatic rings. The lowest BCUT2D eigenvalue weighted by Crippen LogP contribution is -2.54.